The first-order valence-electron chi connectivity index (χ1n) is 4.54. The van der Waals surface area contributed by atoms with E-state index in [0.717, 1.165) is 5.56 Å². The fourth-order valence-corrected chi connectivity index (χ4v) is 1.07. The molecule has 4 nitrogen and oxygen atoms in total. The molecule has 0 atom stereocenters. The van der Waals surface area contributed by atoms with Gasteiger partial charge in [-0.15, -0.1) is 0 Å². The maximum absolute atomic E-state index is 9.62. The van der Waals surface area contributed by atoms with Crippen molar-refractivity contribution >= 4 is 0 Å². The predicted molar refractivity (Wildman–Crippen MR) is 58.4 cm³/mol. The molecule has 1 N–H and O–H groups in total. The molecule has 0 saturated carbocycles. The number of phenols is 1. The van der Waals surface area contributed by atoms with E-state index < -0.39 is 0 Å². The minimum atomic E-state index is 0.216. The predicted octanol–water partition coefficient (Wildman–Crippen LogP) is 2.75. The van der Waals surface area contributed by atoms with Crippen LogP contribution in [0.5, 0.6) is 5.75 Å². The van der Waals surface area contributed by atoms with E-state index in [1.54, 1.807) is 6.07 Å². The largest absolute Gasteiger partial charge is 0.506 e. The lowest BCUT2D eigenvalue weighted by molar-refractivity contribution is 0.469. The summed E-state index contributed by atoms with van der Waals surface area (Å²) in [7, 11) is 0. The van der Waals surface area contributed by atoms with Gasteiger partial charge in [0.1, 0.15) is 5.75 Å². The Hall–Kier alpha value is -2.11. The van der Waals surface area contributed by atoms with E-state index in [-0.39, 0.29) is 5.75 Å². The molecule has 1 aromatic rings. The van der Waals surface area contributed by atoms with Crippen molar-refractivity contribution in [1.29, 1.82) is 0 Å². The van der Waals surface area contributed by atoms with Crippen LogP contribution >= 0.6 is 0 Å². The summed E-state index contributed by atoms with van der Waals surface area (Å²) in [4.78, 5) is 2.62. The van der Waals surface area contributed by atoms with Gasteiger partial charge in [-0.2, -0.15) is 0 Å². The van der Waals surface area contributed by atoms with Crippen molar-refractivity contribution in [2.75, 3.05) is 6.54 Å². The lowest BCUT2D eigenvalue weighted by Crippen LogP contribution is -1.81. The van der Waals surface area contributed by atoms with Gasteiger partial charge in [-0.25, -0.2) is 0 Å². The van der Waals surface area contributed by atoms with Crippen LogP contribution in [-0.4, -0.2) is 11.7 Å². The fraction of sp³-hybridized carbons (Fsp3) is 0.273. The minimum absolute atomic E-state index is 0.216. The third-order valence-electron chi connectivity index (χ3n) is 1.86. The van der Waals surface area contributed by atoms with Crippen LogP contribution in [0.4, 0.5) is 0 Å². The molecule has 15 heavy (non-hydrogen) atoms. The van der Waals surface area contributed by atoms with E-state index in [2.05, 4.69) is 21.9 Å². The zero-order chi connectivity index (χ0) is 11.1. The number of hydrogen-bond donors (Lipinski definition) is 1. The molecule has 0 saturated heterocycles. The molecule has 0 aliphatic rings. The average molecular weight is 201 g/mol. The van der Waals surface area contributed by atoms with E-state index in [0.29, 0.717) is 18.5 Å². The Bertz CT molecular complexity index is 451. The van der Waals surface area contributed by atoms with Crippen molar-refractivity contribution in [3.8, 4) is 17.6 Å². The number of nitrogens with zero attached hydrogens (tertiary/aromatic N) is 3. The molecule has 76 valence electrons. The second-order valence-corrected chi connectivity index (χ2v) is 2.98. The summed E-state index contributed by atoms with van der Waals surface area (Å²) in [6, 6.07) is 5.41. The Morgan fingerprint density at radius 2 is 2.33 bits per heavy atom. The number of azide groups is 1. The number of aromatic hydroxyl groups is 1. The highest BCUT2D eigenvalue weighted by Crippen LogP contribution is 2.19. The van der Waals surface area contributed by atoms with E-state index in [4.69, 9.17) is 5.53 Å². The molecule has 1 aromatic carbocycles. The first-order valence-corrected chi connectivity index (χ1v) is 4.54. The summed E-state index contributed by atoms with van der Waals surface area (Å²) < 4.78 is 0. The van der Waals surface area contributed by atoms with Crippen LogP contribution in [0.2, 0.25) is 0 Å². The standard InChI is InChI=1S/C11H11N3O/c1-9-5-4-7-10(11(9)15)6-2-3-8-13-14-12/h4-5,7,15H,3,8H2,1H3. The molecule has 4 heteroatoms. The van der Waals surface area contributed by atoms with Crippen LogP contribution in [0.3, 0.4) is 0 Å². The van der Waals surface area contributed by atoms with Crippen LogP contribution in [0.15, 0.2) is 23.3 Å². The number of hydrogen-bond acceptors (Lipinski definition) is 2. The number of benzene rings is 1. The summed E-state index contributed by atoms with van der Waals surface area (Å²) in [6.07, 6.45) is 0.497. The maximum atomic E-state index is 9.62. The smallest absolute Gasteiger partial charge is 0.134 e. The molecule has 0 unspecified atom stereocenters. The second-order valence-electron chi connectivity index (χ2n) is 2.98. The Morgan fingerprint density at radius 3 is 3.07 bits per heavy atom. The Kier molecular flexibility index (Phi) is 4.08. The van der Waals surface area contributed by atoms with Gasteiger partial charge in [0.25, 0.3) is 0 Å². The highest BCUT2D eigenvalue weighted by molar-refractivity contribution is 5.49. The van der Waals surface area contributed by atoms with Gasteiger partial charge in [0, 0.05) is 17.9 Å². The van der Waals surface area contributed by atoms with E-state index in [1.165, 1.54) is 0 Å². The van der Waals surface area contributed by atoms with Crippen molar-refractivity contribution in [2.45, 2.75) is 13.3 Å². The van der Waals surface area contributed by atoms with Gasteiger partial charge < -0.3 is 5.11 Å². The van der Waals surface area contributed by atoms with Crippen molar-refractivity contribution in [3.63, 3.8) is 0 Å². The van der Waals surface area contributed by atoms with Crippen molar-refractivity contribution in [3.05, 3.63) is 39.8 Å². The fourth-order valence-electron chi connectivity index (χ4n) is 1.07. The molecular formula is C11H11N3O. The topological polar surface area (TPSA) is 69.0 Å². The minimum Gasteiger partial charge on any atom is -0.506 e. The first-order chi connectivity index (χ1) is 7.25. The van der Waals surface area contributed by atoms with E-state index >= 15 is 0 Å². The SMILES string of the molecule is Cc1cccc(C#CCCN=[N+]=[N-])c1O. The van der Waals surface area contributed by atoms with Crippen LogP contribution in [0, 0.1) is 18.8 Å². The molecule has 0 heterocycles. The summed E-state index contributed by atoms with van der Waals surface area (Å²) in [5.74, 6) is 5.88. The third kappa shape index (κ3) is 3.26. The van der Waals surface area contributed by atoms with Gasteiger partial charge in [0.15, 0.2) is 0 Å². The Balaban J connectivity index is 2.71. The van der Waals surface area contributed by atoms with Crippen LogP contribution < -0.4 is 0 Å². The molecule has 0 aromatic heterocycles. The second kappa shape index (κ2) is 5.58. The van der Waals surface area contributed by atoms with Gasteiger partial charge in [-0.1, -0.05) is 29.1 Å². The summed E-state index contributed by atoms with van der Waals surface area (Å²) in [5.41, 5.74) is 9.44. The van der Waals surface area contributed by atoms with Crippen molar-refractivity contribution in [2.24, 2.45) is 5.11 Å². The summed E-state index contributed by atoms with van der Waals surface area (Å²) in [6.45, 7) is 2.18. The normalized spacial score (nSPS) is 8.60. The van der Waals surface area contributed by atoms with Gasteiger partial charge in [-0.3, -0.25) is 0 Å². The third-order valence-corrected chi connectivity index (χ3v) is 1.86. The number of rotatable bonds is 2. The quantitative estimate of drug-likeness (QED) is 0.258. The van der Waals surface area contributed by atoms with E-state index in [1.807, 2.05) is 19.1 Å². The molecule has 1 rings (SSSR count). The Morgan fingerprint density at radius 1 is 1.53 bits per heavy atom. The first kappa shape index (κ1) is 11.0. The molecule has 0 radical (unpaired) electrons. The van der Waals surface area contributed by atoms with E-state index in [9.17, 15) is 5.11 Å². The zero-order valence-corrected chi connectivity index (χ0v) is 8.44. The van der Waals surface area contributed by atoms with Gasteiger partial charge in [-0.05, 0) is 24.1 Å². The summed E-state index contributed by atoms with van der Waals surface area (Å²) in [5, 5.41) is 13.0. The maximum Gasteiger partial charge on any atom is 0.134 e. The molecule has 0 aliphatic carbocycles. The van der Waals surface area contributed by atoms with Gasteiger partial charge in [0.2, 0.25) is 0 Å². The molecule has 0 fully saturated rings. The van der Waals surface area contributed by atoms with Gasteiger partial charge >= 0.3 is 0 Å². The average Bonchev–Trinajstić information content (AvgIpc) is 2.24. The van der Waals surface area contributed by atoms with Crippen LogP contribution in [0.1, 0.15) is 17.5 Å². The number of para-hydroxylation sites is 1. The lowest BCUT2D eigenvalue weighted by atomic mass is 10.1. The number of phenolic OH excluding ortho intramolecular Hbond substituents is 1. The highest BCUT2D eigenvalue weighted by Gasteiger charge is 1.98. The molecule has 0 amide bonds. The monoisotopic (exact) mass is 201 g/mol. The summed E-state index contributed by atoms with van der Waals surface area (Å²) >= 11 is 0. The Labute approximate surface area is 88.2 Å². The van der Waals surface area contributed by atoms with Crippen molar-refractivity contribution in [1.82, 2.24) is 0 Å². The van der Waals surface area contributed by atoms with Crippen molar-refractivity contribution < 1.29 is 5.11 Å². The molecule has 0 bridgehead atoms. The lowest BCUT2D eigenvalue weighted by Gasteiger charge is -1.99. The van der Waals surface area contributed by atoms with Crippen LogP contribution in [-0.2, 0) is 0 Å². The van der Waals surface area contributed by atoms with Crippen LogP contribution in [0.25, 0.3) is 10.4 Å². The van der Waals surface area contributed by atoms with Gasteiger partial charge in [0.05, 0.1) is 5.56 Å². The highest BCUT2D eigenvalue weighted by atomic mass is 16.3. The molecule has 0 spiro atoms. The molecule has 0 aliphatic heterocycles. The molecular weight excluding hydrogens is 190 g/mol. The zero-order valence-electron chi connectivity index (χ0n) is 8.44. The number of aryl methyl sites for hydroxylation is 1.